The smallest absolute Gasteiger partial charge is 0.203 e. The molecule has 0 spiro atoms. The molecule has 0 aromatic heterocycles. The van der Waals surface area contributed by atoms with Crippen LogP contribution in [0, 0.1) is 0 Å². The fourth-order valence-corrected chi connectivity index (χ4v) is 3.74. The first-order chi connectivity index (χ1) is 11.7. The highest BCUT2D eigenvalue weighted by Gasteiger charge is 2.06. The first kappa shape index (κ1) is 23.9. The van der Waals surface area contributed by atoms with Gasteiger partial charge in [-0.1, -0.05) is 104 Å². The van der Waals surface area contributed by atoms with Crippen molar-refractivity contribution in [3.63, 3.8) is 0 Å². The molecule has 0 amide bonds. The van der Waals surface area contributed by atoms with Crippen LogP contribution in [0.3, 0.4) is 0 Å². The highest BCUT2D eigenvalue weighted by Crippen LogP contribution is 2.11. The minimum absolute atomic E-state index is 0.726. The third kappa shape index (κ3) is 16.8. The molecule has 0 fully saturated rings. The molecule has 0 rings (SSSR count). The molecule has 0 bridgehead atoms. The van der Waals surface area contributed by atoms with Gasteiger partial charge in [0.2, 0.25) is 10.9 Å². The SMILES string of the molecule is CCCCCCCCCCN(CCCCCCCCCC)[SH](=O)=O. The lowest BCUT2D eigenvalue weighted by Gasteiger charge is -2.15. The Labute approximate surface area is 153 Å². The quantitative estimate of drug-likeness (QED) is 0.223. The molecule has 0 aliphatic rings. The molecule has 4 heteroatoms. The Hall–Kier alpha value is -0.0900. The number of rotatable bonds is 19. The summed E-state index contributed by atoms with van der Waals surface area (Å²) in [5.74, 6) is 0. The van der Waals surface area contributed by atoms with Crippen LogP contribution in [0.2, 0.25) is 0 Å². The van der Waals surface area contributed by atoms with Crippen LogP contribution in [0.15, 0.2) is 0 Å². The third-order valence-corrected chi connectivity index (χ3v) is 5.63. The van der Waals surface area contributed by atoms with E-state index in [1.807, 2.05) is 0 Å². The maximum atomic E-state index is 11.3. The zero-order valence-electron chi connectivity index (χ0n) is 16.4. The van der Waals surface area contributed by atoms with Crippen molar-refractivity contribution in [1.29, 1.82) is 0 Å². The molecule has 0 saturated heterocycles. The predicted octanol–water partition coefficient (Wildman–Crippen LogP) is 6.10. The summed E-state index contributed by atoms with van der Waals surface area (Å²) in [4.78, 5) is 0. The molecule has 0 radical (unpaired) electrons. The summed E-state index contributed by atoms with van der Waals surface area (Å²) >= 11 is 0. The molecule has 146 valence electrons. The Morgan fingerprint density at radius 1 is 0.500 bits per heavy atom. The van der Waals surface area contributed by atoms with Gasteiger partial charge in [-0.25, -0.2) is 12.7 Å². The molecule has 0 unspecified atom stereocenters. The van der Waals surface area contributed by atoms with Gasteiger partial charge >= 0.3 is 0 Å². The number of unbranched alkanes of at least 4 members (excludes halogenated alkanes) is 14. The van der Waals surface area contributed by atoms with Crippen molar-refractivity contribution in [2.24, 2.45) is 0 Å². The van der Waals surface area contributed by atoms with Gasteiger partial charge in [-0.15, -0.1) is 0 Å². The summed E-state index contributed by atoms with van der Waals surface area (Å²) < 4.78 is 24.3. The molecule has 0 aromatic carbocycles. The zero-order valence-corrected chi connectivity index (χ0v) is 17.3. The van der Waals surface area contributed by atoms with E-state index in [1.165, 1.54) is 89.9 Å². The Bertz CT molecular complexity index is 291. The van der Waals surface area contributed by atoms with Gasteiger partial charge in [0, 0.05) is 13.1 Å². The summed E-state index contributed by atoms with van der Waals surface area (Å²) in [6, 6.07) is 0. The minimum Gasteiger partial charge on any atom is -0.215 e. The van der Waals surface area contributed by atoms with Crippen molar-refractivity contribution in [3.8, 4) is 0 Å². The van der Waals surface area contributed by atoms with E-state index in [1.54, 1.807) is 4.31 Å². The van der Waals surface area contributed by atoms with Crippen LogP contribution in [-0.4, -0.2) is 25.8 Å². The number of hydrogen-bond acceptors (Lipinski definition) is 2. The Morgan fingerprint density at radius 3 is 1.08 bits per heavy atom. The second-order valence-electron chi connectivity index (χ2n) is 7.14. The Kier molecular flexibility index (Phi) is 19.2. The molecule has 0 aromatic rings. The van der Waals surface area contributed by atoms with E-state index in [2.05, 4.69) is 13.8 Å². The van der Waals surface area contributed by atoms with E-state index in [9.17, 15) is 8.42 Å². The molecule has 0 aliphatic heterocycles. The average molecular weight is 362 g/mol. The largest absolute Gasteiger partial charge is 0.215 e. The summed E-state index contributed by atoms with van der Waals surface area (Å²) in [5.41, 5.74) is 0. The van der Waals surface area contributed by atoms with Gasteiger partial charge in [0.1, 0.15) is 0 Å². The minimum atomic E-state index is -2.40. The summed E-state index contributed by atoms with van der Waals surface area (Å²) in [6.45, 7) is 5.94. The fraction of sp³-hybridized carbons (Fsp3) is 1.00. The Balaban J connectivity index is 3.51. The van der Waals surface area contributed by atoms with Crippen molar-refractivity contribution in [3.05, 3.63) is 0 Å². The topological polar surface area (TPSA) is 37.4 Å². The normalized spacial score (nSPS) is 11.7. The molecule has 0 atom stereocenters. The van der Waals surface area contributed by atoms with Gasteiger partial charge in [-0.05, 0) is 12.8 Å². The molecule has 0 aliphatic carbocycles. The lowest BCUT2D eigenvalue weighted by atomic mass is 10.1. The van der Waals surface area contributed by atoms with Crippen LogP contribution >= 0.6 is 0 Å². The highest BCUT2D eigenvalue weighted by atomic mass is 32.2. The van der Waals surface area contributed by atoms with Gasteiger partial charge in [0.15, 0.2) is 0 Å². The Morgan fingerprint density at radius 2 is 0.792 bits per heavy atom. The van der Waals surface area contributed by atoms with E-state index >= 15 is 0 Å². The summed E-state index contributed by atoms with van der Waals surface area (Å²) in [6.07, 6.45) is 20.2. The average Bonchev–Trinajstić information content (AvgIpc) is 2.57. The highest BCUT2D eigenvalue weighted by molar-refractivity contribution is 7.69. The molecule has 0 saturated carbocycles. The van der Waals surface area contributed by atoms with Gasteiger partial charge in [0.05, 0.1) is 0 Å². The van der Waals surface area contributed by atoms with Crippen molar-refractivity contribution < 1.29 is 8.42 Å². The monoisotopic (exact) mass is 361 g/mol. The molecule has 0 heterocycles. The lowest BCUT2D eigenvalue weighted by Crippen LogP contribution is -2.24. The zero-order chi connectivity index (χ0) is 17.9. The van der Waals surface area contributed by atoms with E-state index < -0.39 is 10.9 Å². The molecule has 24 heavy (non-hydrogen) atoms. The second kappa shape index (κ2) is 19.2. The number of hydrogen-bond donors (Lipinski definition) is 1. The van der Waals surface area contributed by atoms with Crippen molar-refractivity contribution in [1.82, 2.24) is 4.31 Å². The standard InChI is InChI=1S/C20H43NO2S/c1-3-5-7-9-11-13-15-17-19-21(24(22)23)20-18-16-14-12-10-8-6-4-2/h24H,3-20H2,1-2H3. The van der Waals surface area contributed by atoms with E-state index in [0.717, 1.165) is 25.9 Å². The van der Waals surface area contributed by atoms with Crippen LogP contribution in [0.1, 0.15) is 117 Å². The summed E-state index contributed by atoms with van der Waals surface area (Å²) in [7, 11) is -2.40. The van der Waals surface area contributed by atoms with E-state index in [-0.39, 0.29) is 0 Å². The molecular formula is C20H43NO2S. The van der Waals surface area contributed by atoms with Crippen LogP contribution in [0.5, 0.6) is 0 Å². The first-order valence-corrected chi connectivity index (χ1v) is 11.7. The van der Waals surface area contributed by atoms with Crippen molar-refractivity contribution in [2.45, 2.75) is 117 Å². The van der Waals surface area contributed by atoms with Crippen LogP contribution < -0.4 is 0 Å². The van der Waals surface area contributed by atoms with Crippen LogP contribution in [0.25, 0.3) is 0 Å². The van der Waals surface area contributed by atoms with E-state index in [4.69, 9.17) is 0 Å². The van der Waals surface area contributed by atoms with E-state index in [0.29, 0.717) is 0 Å². The van der Waals surface area contributed by atoms with Gasteiger partial charge in [-0.2, -0.15) is 0 Å². The maximum absolute atomic E-state index is 11.3. The fourth-order valence-electron chi connectivity index (χ4n) is 3.13. The molecule has 0 N–H and O–H groups in total. The molecule has 3 nitrogen and oxygen atoms in total. The van der Waals surface area contributed by atoms with Gasteiger partial charge < -0.3 is 0 Å². The lowest BCUT2D eigenvalue weighted by molar-refractivity contribution is 0.394. The second-order valence-corrected chi connectivity index (χ2v) is 8.18. The van der Waals surface area contributed by atoms with Crippen LogP contribution in [-0.2, 0) is 10.9 Å². The third-order valence-electron chi connectivity index (χ3n) is 4.77. The van der Waals surface area contributed by atoms with Crippen molar-refractivity contribution >= 4 is 10.9 Å². The summed E-state index contributed by atoms with van der Waals surface area (Å²) in [5, 5.41) is 0. The maximum Gasteiger partial charge on any atom is 0.203 e. The number of nitrogens with zero attached hydrogens (tertiary/aromatic N) is 1. The molecular weight excluding hydrogens is 318 g/mol. The van der Waals surface area contributed by atoms with Crippen molar-refractivity contribution in [2.75, 3.05) is 13.1 Å². The predicted molar refractivity (Wildman–Crippen MR) is 107 cm³/mol. The first-order valence-electron chi connectivity index (χ1n) is 10.6. The van der Waals surface area contributed by atoms with Gasteiger partial charge in [0.25, 0.3) is 0 Å². The van der Waals surface area contributed by atoms with Crippen LogP contribution in [0.4, 0.5) is 0 Å². The number of thiol groups is 1. The van der Waals surface area contributed by atoms with Gasteiger partial charge in [-0.3, -0.25) is 0 Å².